The molecule has 0 N–H and O–H groups in total. The number of hydrogen-bond donors (Lipinski definition) is 0. The van der Waals surface area contributed by atoms with Gasteiger partial charge in [0.05, 0.1) is 6.42 Å². The molecule has 0 amide bonds. The molecule has 0 aromatic rings. The van der Waals surface area contributed by atoms with Crippen molar-refractivity contribution in [3.63, 3.8) is 0 Å². The van der Waals surface area contributed by atoms with Gasteiger partial charge in [-0.2, -0.15) is 0 Å². The van der Waals surface area contributed by atoms with Crippen LogP contribution in [0.15, 0.2) is 60.8 Å². The number of hydrogen-bond acceptors (Lipinski definition) is 6. The molecule has 0 rings (SSSR count). The molecule has 0 aromatic heterocycles. The Morgan fingerprint density at radius 3 is 0.781 bits per heavy atom. The van der Waals surface area contributed by atoms with Gasteiger partial charge in [-0.05, 0) is 44.9 Å². The lowest BCUT2D eigenvalue weighted by atomic mass is 10.0. The summed E-state index contributed by atoms with van der Waals surface area (Å²) in [6.45, 7) is 6.49. The van der Waals surface area contributed by atoms with Crippen LogP contribution in [0.4, 0.5) is 0 Å². The molecule has 424 valence electrons. The van der Waals surface area contributed by atoms with Gasteiger partial charge in [0, 0.05) is 12.8 Å². The van der Waals surface area contributed by atoms with Crippen LogP contribution >= 0.6 is 0 Å². The third kappa shape index (κ3) is 59.9. The molecule has 0 aliphatic carbocycles. The van der Waals surface area contributed by atoms with Crippen LogP contribution in [0.3, 0.4) is 0 Å². The molecule has 0 bridgehead atoms. The summed E-state index contributed by atoms with van der Waals surface area (Å²) in [5.74, 6) is -1.02. The smallest absolute Gasteiger partial charge is 0.310 e. The lowest BCUT2D eigenvalue weighted by molar-refractivity contribution is -0.166. The van der Waals surface area contributed by atoms with Crippen molar-refractivity contribution in [1.29, 1.82) is 0 Å². The maximum Gasteiger partial charge on any atom is 0.310 e. The Hall–Kier alpha value is -2.89. The largest absolute Gasteiger partial charge is 0.462 e. The maximum atomic E-state index is 12.8. The van der Waals surface area contributed by atoms with Gasteiger partial charge in [0.2, 0.25) is 0 Å². The predicted octanol–water partition coefficient (Wildman–Crippen LogP) is 21.6. The van der Waals surface area contributed by atoms with Crippen LogP contribution in [0.1, 0.15) is 329 Å². The van der Waals surface area contributed by atoms with Gasteiger partial charge in [0.15, 0.2) is 6.10 Å². The number of rotatable bonds is 58. The van der Waals surface area contributed by atoms with Gasteiger partial charge >= 0.3 is 17.9 Å². The van der Waals surface area contributed by atoms with E-state index >= 15 is 0 Å². The molecular weight excluding hydrogens is 901 g/mol. The predicted molar refractivity (Wildman–Crippen MR) is 316 cm³/mol. The molecule has 6 heteroatoms. The minimum Gasteiger partial charge on any atom is -0.462 e. The molecule has 1 atom stereocenters. The summed E-state index contributed by atoms with van der Waals surface area (Å²) in [4.78, 5) is 38.1. The summed E-state index contributed by atoms with van der Waals surface area (Å²) < 4.78 is 16.8. The van der Waals surface area contributed by atoms with Gasteiger partial charge in [-0.25, -0.2) is 0 Å². The van der Waals surface area contributed by atoms with Crippen LogP contribution < -0.4 is 0 Å². The van der Waals surface area contributed by atoms with Gasteiger partial charge in [-0.3, -0.25) is 14.4 Å². The number of carbonyl (C=O) groups is 3. The van der Waals surface area contributed by atoms with Gasteiger partial charge in [0.25, 0.3) is 0 Å². The SMILES string of the molecule is CC/C=C\C/C=C\C/C=C\C/C=C\C/C=C\CC(=O)OC(COC(=O)CCCCCCCCCCCCCCC)COC(=O)CCCCCCCCCCCCCCCCCCCCCCCCCCCCC. The first-order valence-electron chi connectivity index (χ1n) is 31.8. The van der Waals surface area contributed by atoms with E-state index < -0.39 is 12.1 Å². The van der Waals surface area contributed by atoms with E-state index in [9.17, 15) is 14.4 Å². The first kappa shape index (κ1) is 70.1. The molecule has 0 radical (unpaired) electrons. The van der Waals surface area contributed by atoms with Crippen LogP contribution in [0.2, 0.25) is 0 Å². The third-order valence-electron chi connectivity index (χ3n) is 14.1. The van der Waals surface area contributed by atoms with Crippen LogP contribution in [0.5, 0.6) is 0 Å². The van der Waals surface area contributed by atoms with Gasteiger partial charge in [-0.15, -0.1) is 0 Å². The Labute approximate surface area is 453 Å². The lowest BCUT2D eigenvalue weighted by Gasteiger charge is -2.18. The van der Waals surface area contributed by atoms with E-state index in [4.69, 9.17) is 14.2 Å². The van der Waals surface area contributed by atoms with Crippen LogP contribution in [-0.4, -0.2) is 37.2 Å². The van der Waals surface area contributed by atoms with Crippen molar-refractivity contribution in [3.8, 4) is 0 Å². The third-order valence-corrected chi connectivity index (χ3v) is 14.1. The number of unbranched alkanes of at least 4 members (excludes halogenated alkanes) is 38. The second kappa shape index (κ2) is 61.7. The number of esters is 3. The molecule has 0 fully saturated rings. The molecule has 0 aromatic carbocycles. The average Bonchev–Trinajstić information content (AvgIpc) is 3.39. The fourth-order valence-electron chi connectivity index (χ4n) is 9.35. The minimum absolute atomic E-state index is 0.102. The summed E-state index contributed by atoms with van der Waals surface area (Å²) >= 11 is 0. The Balaban J connectivity index is 4.25. The second-order valence-corrected chi connectivity index (χ2v) is 21.3. The summed E-state index contributed by atoms with van der Waals surface area (Å²) in [6.07, 6.45) is 78.4. The Morgan fingerprint density at radius 1 is 0.288 bits per heavy atom. The zero-order valence-corrected chi connectivity index (χ0v) is 48.7. The van der Waals surface area contributed by atoms with Crippen molar-refractivity contribution >= 4 is 17.9 Å². The molecular formula is C67H120O6. The number of ether oxygens (including phenoxy) is 3. The highest BCUT2D eigenvalue weighted by Gasteiger charge is 2.19. The molecule has 0 heterocycles. The number of allylic oxidation sites excluding steroid dienone is 9. The molecule has 0 aliphatic heterocycles. The molecule has 0 saturated heterocycles. The zero-order chi connectivity index (χ0) is 52.9. The molecule has 73 heavy (non-hydrogen) atoms. The highest BCUT2D eigenvalue weighted by molar-refractivity contribution is 5.72. The van der Waals surface area contributed by atoms with E-state index in [2.05, 4.69) is 69.4 Å². The van der Waals surface area contributed by atoms with Gasteiger partial charge < -0.3 is 14.2 Å². The quantitative estimate of drug-likeness (QED) is 0.0261. The van der Waals surface area contributed by atoms with E-state index in [1.165, 1.54) is 218 Å². The summed E-state index contributed by atoms with van der Waals surface area (Å²) in [5, 5.41) is 0. The van der Waals surface area contributed by atoms with Crippen molar-refractivity contribution in [2.75, 3.05) is 13.2 Å². The first-order chi connectivity index (χ1) is 36.0. The highest BCUT2D eigenvalue weighted by Crippen LogP contribution is 2.18. The van der Waals surface area contributed by atoms with Crippen LogP contribution in [0.25, 0.3) is 0 Å². The van der Waals surface area contributed by atoms with E-state index in [0.717, 1.165) is 70.6 Å². The summed E-state index contributed by atoms with van der Waals surface area (Å²) in [7, 11) is 0. The Bertz CT molecular complexity index is 1310. The van der Waals surface area contributed by atoms with Crippen molar-refractivity contribution in [3.05, 3.63) is 60.8 Å². The van der Waals surface area contributed by atoms with E-state index in [-0.39, 0.29) is 31.6 Å². The van der Waals surface area contributed by atoms with E-state index in [1.54, 1.807) is 6.08 Å². The molecule has 6 nitrogen and oxygen atoms in total. The molecule has 0 aliphatic rings. The average molecular weight is 1020 g/mol. The number of carbonyl (C=O) groups excluding carboxylic acids is 3. The summed E-state index contributed by atoms with van der Waals surface area (Å²) in [6, 6.07) is 0. The maximum absolute atomic E-state index is 12.8. The van der Waals surface area contributed by atoms with E-state index in [0.29, 0.717) is 12.8 Å². The first-order valence-corrected chi connectivity index (χ1v) is 31.8. The molecule has 0 saturated carbocycles. The van der Waals surface area contributed by atoms with Gasteiger partial charge in [0.1, 0.15) is 13.2 Å². The highest BCUT2D eigenvalue weighted by atomic mass is 16.6. The Morgan fingerprint density at radius 2 is 0.521 bits per heavy atom. The normalized spacial score (nSPS) is 12.4. The minimum atomic E-state index is -0.825. The molecule has 1 unspecified atom stereocenters. The topological polar surface area (TPSA) is 78.9 Å². The monoisotopic (exact) mass is 1020 g/mol. The van der Waals surface area contributed by atoms with E-state index in [1.807, 2.05) is 6.08 Å². The van der Waals surface area contributed by atoms with Crippen molar-refractivity contribution in [1.82, 2.24) is 0 Å². The second-order valence-electron chi connectivity index (χ2n) is 21.3. The van der Waals surface area contributed by atoms with Crippen molar-refractivity contribution < 1.29 is 28.6 Å². The zero-order valence-electron chi connectivity index (χ0n) is 48.7. The fraction of sp³-hybridized carbons (Fsp3) is 0.806. The fourth-order valence-corrected chi connectivity index (χ4v) is 9.35. The van der Waals surface area contributed by atoms with Crippen LogP contribution in [0, 0.1) is 0 Å². The van der Waals surface area contributed by atoms with Crippen molar-refractivity contribution in [2.45, 2.75) is 335 Å². The molecule has 0 spiro atoms. The summed E-state index contributed by atoms with van der Waals surface area (Å²) in [5.41, 5.74) is 0. The van der Waals surface area contributed by atoms with Crippen LogP contribution in [-0.2, 0) is 28.6 Å². The Kier molecular flexibility index (Phi) is 59.2. The lowest BCUT2D eigenvalue weighted by Crippen LogP contribution is -2.30. The van der Waals surface area contributed by atoms with Gasteiger partial charge in [-0.1, -0.05) is 326 Å². The van der Waals surface area contributed by atoms with Crippen molar-refractivity contribution in [2.24, 2.45) is 0 Å². The standard InChI is InChI=1S/C67H120O6/c1-4-7-10-13-16-19-22-25-27-28-29-30-31-32-33-34-35-36-37-38-40-42-45-48-51-54-57-60-66(69)72-63-64(62-71-65(68)59-56-53-50-47-44-41-24-21-18-15-12-9-6-3)73-67(70)61-58-55-52-49-46-43-39-26-23-20-17-14-11-8-5-2/h8,11,17,20,26,39,46,49,55,58,64H,4-7,9-10,12-16,18-19,21-25,27-38,40-45,47-48,50-54,56-57,59-63H2,1-3H3/b11-8-,20-17-,39-26-,49-46-,58-55-.